The molecule has 2 rings (SSSR count). The second kappa shape index (κ2) is 8.83. The topological polar surface area (TPSA) is 68.8 Å². The van der Waals surface area contributed by atoms with E-state index in [0.29, 0.717) is 28.9 Å². The Balaban J connectivity index is 2.01. The Morgan fingerprint density at radius 2 is 1.56 bits per heavy atom. The summed E-state index contributed by atoms with van der Waals surface area (Å²) in [4.78, 5) is 12.4. The Labute approximate surface area is 150 Å². The lowest BCUT2D eigenvalue weighted by molar-refractivity contribution is 0.223. The Hall–Kier alpha value is -2.11. The van der Waals surface area contributed by atoms with Crippen LogP contribution in [0.3, 0.4) is 0 Å². The van der Waals surface area contributed by atoms with Crippen molar-refractivity contribution in [3.05, 3.63) is 12.1 Å². The summed E-state index contributed by atoms with van der Waals surface area (Å²) in [5, 5.41) is 5.92. The number of carbonyl (C=O) groups is 1. The van der Waals surface area contributed by atoms with Gasteiger partial charge in [-0.2, -0.15) is 0 Å². The van der Waals surface area contributed by atoms with Crippen molar-refractivity contribution in [3.8, 4) is 17.2 Å². The zero-order chi connectivity index (χ0) is 18.4. The third kappa shape index (κ3) is 4.94. The highest BCUT2D eigenvalue weighted by Gasteiger charge is 2.25. The van der Waals surface area contributed by atoms with Crippen molar-refractivity contribution in [1.29, 1.82) is 0 Å². The van der Waals surface area contributed by atoms with Crippen molar-refractivity contribution in [2.75, 3.05) is 26.6 Å². The molecule has 1 aromatic carbocycles. The van der Waals surface area contributed by atoms with E-state index in [4.69, 9.17) is 14.2 Å². The van der Waals surface area contributed by atoms with Crippen molar-refractivity contribution >= 4 is 11.7 Å². The fraction of sp³-hybridized carbons (Fsp3) is 0.632. The van der Waals surface area contributed by atoms with Crippen molar-refractivity contribution < 1.29 is 19.0 Å². The van der Waals surface area contributed by atoms with Gasteiger partial charge in [-0.25, -0.2) is 4.79 Å². The maximum atomic E-state index is 12.4. The lowest BCUT2D eigenvalue weighted by Crippen LogP contribution is -2.40. The molecule has 0 bridgehead atoms. The summed E-state index contributed by atoms with van der Waals surface area (Å²) in [7, 11) is 4.66. The molecule has 1 saturated carbocycles. The van der Waals surface area contributed by atoms with Gasteiger partial charge in [0.15, 0.2) is 0 Å². The number of hydrogen-bond donors (Lipinski definition) is 2. The molecule has 6 nitrogen and oxygen atoms in total. The number of nitrogens with one attached hydrogen (secondary N) is 2. The summed E-state index contributed by atoms with van der Waals surface area (Å²) >= 11 is 0. The number of carbonyl (C=O) groups excluding carboxylic acids is 1. The van der Waals surface area contributed by atoms with Crippen LogP contribution in [0.1, 0.15) is 39.5 Å². The Morgan fingerprint density at radius 1 is 1.00 bits per heavy atom. The molecule has 0 unspecified atom stereocenters. The van der Waals surface area contributed by atoms with Crippen LogP contribution in [0.2, 0.25) is 0 Å². The predicted octanol–water partition coefficient (Wildman–Crippen LogP) is 4.05. The van der Waals surface area contributed by atoms with Gasteiger partial charge in [0.2, 0.25) is 0 Å². The number of rotatable bonds is 6. The zero-order valence-electron chi connectivity index (χ0n) is 15.8. The monoisotopic (exact) mass is 350 g/mol. The molecule has 2 N–H and O–H groups in total. The Morgan fingerprint density at radius 3 is 2.00 bits per heavy atom. The van der Waals surface area contributed by atoms with Gasteiger partial charge in [-0.1, -0.05) is 13.8 Å². The third-order valence-electron chi connectivity index (χ3n) is 5.00. The van der Waals surface area contributed by atoms with Gasteiger partial charge in [0.25, 0.3) is 0 Å². The van der Waals surface area contributed by atoms with E-state index in [1.165, 1.54) is 0 Å². The molecular formula is C19H30N2O4. The average molecular weight is 350 g/mol. The molecule has 0 saturated heterocycles. The van der Waals surface area contributed by atoms with E-state index in [1.54, 1.807) is 33.5 Å². The second-order valence-corrected chi connectivity index (χ2v) is 6.86. The summed E-state index contributed by atoms with van der Waals surface area (Å²) in [6.07, 6.45) is 4.37. The van der Waals surface area contributed by atoms with Gasteiger partial charge in [-0.05, 0) is 37.5 Å². The zero-order valence-corrected chi connectivity index (χ0v) is 15.8. The minimum Gasteiger partial charge on any atom is -0.496 e. The molecule has 1 aromatic rings. The number of amides is 2. The molecule has 0 radical (unpaired) electrons. The van der Waals surface area contributed by atoms with E-state index in [-0.39, 0.29) is 12.1 Å². The number of ether oxygens (including phenoxy) is 3. The fourth-order valence-electron chi connectivity index (χ4n) is 3.39. The molecular weight excluding hydrogens is 320 g/mol. The van der Waals surface area contributed by atoms with E-state index in [1.807, 2.05) is 0 Å². The van der Waals surface area contributed by atoms with Crippen LogP contribution in [0.25, 0.3) is 0 Å². The normalized spacial score (nSPS) is 20.1. The van der Waals surface area contributed by atoms with Crippen LogP contribution in [0.5, 0.6) is 17.2 Å². The molecule has 1 aliphatic carbocycles. The van der Waals surface area contributed by atoms with Gasteiger partial charge < -0.3 is 24.8 Å². The number of anilines is 1. The quantitative estimate of drug-likeness (QED) is 0.812. The van der Waals surface area contributed by atoms with Crippen LogP contribution in [0.15, 0.2) is 12.1 Å². The molecule has 6 heteroatoms. The minimum atomic E-state index is -0.241. The van der Waals surface area contributed by atoms with Crippen molar-refractivity contribution in [2.24, 2.45) is 11.8 Å². The van der Waals surface area contributed by atoms with Crippen LogP contribution in [-0.2, 0) is 0 Å². The lowest BCUT2D eigenvalue weighted by atomic mass is 9.80. The maximum Gasteiger partial charge on any atom is 0.319 e. The van der Waals surface area contributed by atoms with Gasteiger partial charge in [-0.15, -0.1) is 0 Å². The first kappa shape index (κ1) is 19.2. The number of benzene rings is 1. The highest BCUT2D eigenvalue weighted by Crippen LogP contribution is 2.39. The van der Waals surface area contributed by atoms with Crippen molar-refractivity contribution in [1.82, 2.24) is 5.32 Å². The molecule has 0 heterocycles. The second-order valence-electron chi connectivity index (χ2n) is 6.86. The maximum absolute atomic E-state index is 12.4. The number of urea groups is 1. The van der Waals surface area contributed by atoms with Crippen molar-refractivity contribution in [2.45, 2.75) is 45.6 Å². The van der Waals surface area contributed by atoms with Crippen LogP contribution in [0, 0.1) is 11.8 Å². The van der Waals surface area contributed by atoms with E-state index >= 15 is 0 Å². The Kier molecular flexibility index (Phi) is 6.79. The van der Waals surface area contributed by atoms with Gasteiger partial charge in [0.05, 0.1) is 21.3 Å². The SMILES string of the molecule is COc1cc(OC)c(NC(=O)NC2CCC(C(C)C)CC2)c(OC)c1. The summed E-state index contributed by atoms with van der Waals surface area (Å²) < 4.78 is 15.9. The van der Waals surface area contributed by atoms with Gasteiger partial charge in [-0.3, -0.25) is 0 Å². The van der Waals surface area contributed by atoms with E-state index < -0.39 is 0 Å². The smallest absolute Gasteiger partial charge is 0.319 e. The van der Waals surface area contributed by atoms with E-state index in [2.05, 4.69) is 24.5 Å². The fourth-order valence-corrected chi connectivity index (χ4v) is 3.39. The highest BCUT2D eigenvalue weighted by atomic mass is 16.5. The van der Waals surface area contributed by atoms with E-state index in [9.17, 15) is 4.79 Å². The predicted molar refractivity (Wildman–Crippen MR) is 98.8 cm³/mol. The molecule has 0 spiro atoms. The number of methoxy groups -OCH3 is 3. The highest BCUT2D eigenvalue weighted by molar-refractivity contribution is 5.93. The molecule has 140 valence electrons. The van der Waals surface area contributed by atoms with Gasteiger partial charge in [0.1, 0.15) is 22.9 Å². The lowest BCUT2D eigenvalue weighted by Gasteiger charge is -2.31. The van der Waals surface area contributed by atoms with Gasteiger partial charge >= 0.3 is 6.03 Å². The first-order valence-corrected chi connectivity index (χ1v) is 8.86. The molecule has 25 heavy (non-hydrogen) atoms. The standard InChI is InChI=1S/C19H30N2O4/c1-12(2)13-6-8-14(9-7-13)20-19(22)21-18-16(24-4)10-15(23-3)11-17(18)25-5/h10-14H,6-9H2,1-5H3,(H2,20,21,22). The Bertz CT molecular complexity index is 556. The molecule has 0 aromatic heterocycles. The van der Waals surface area contributed by atoms with Crippen LogP contribution >= 0.6 is 0 Å². The largest absolute Gasteiger partial charge is 0.496 e. The van der Waals surface area contributed by atoms with Crippen LogP contribution < -0.4 is 24.8 Å². The first-order chi connectivity index (χ1) is 12.0. The van der Waals surface area contributed by atoms with Gasteiger partial charge in [0, 0.05) is 18.2 Å². The summed E-state index contributed by atoms with van der Waals surface area (Å²) in [5.41, 5.74) is 0.499. The van der Waals surface area contributed by atoms with Crippen LogP contribution in [-0.4, -0.2) is 33.4 Å². The van der Waals surface area contributed by atoms with E-state index in [0.717, 1.165) is 31.6 Å². The summed E-state index contributed by atoms with van der Waals surface area (Å²) in [5.74, 6) is 3.07. The average Bonchev–Trinajstić information content (AvgIpc) is 2.62. The van der Waals surface area contributed by atoms with Crippen molar-refractivity contribution in [3.63, 3.8) is 0 Å². The molecule has 1 aliphatic rings. The molecule has 1 fully saturated rings. The minimum absolute atomic E-state index is 0.213. The number of hydrogen-bond acceptors (Lipinski definition) is 4. The molecule has 0 atom stereocenters. The first-order valence-electron chi connectivity index (χ1n) is 8.86. The molecule has 0 aliphatic heterocycles. The third-order valence-corrected chi connectivity index (χ3v) is 5.00. The summed E-state index contributed by atoms with van der Waals surface area (Å²) in [6.45, 7) is 4.54. The van der Waals surface area contributed by atoms with Crippen LogP contribution in [0.4, 0.5) is 10.5 Å². The summed E-state index contributed by atoms with van der Waals surface area (Å²) in [6, 6.07) is 3.40. The molecule has 2 amide bonds.